The van der Waals surface area contributed by atoms with Gasteiger partial charge in [-0.2, -0.15) is 26.3 Å². The summed E-state index contributed by atoms with van der Waals surface area (Å²) in [6, 6.07) is 3.32. The van der Waals surface area contributed by atoms with Crippen LogP contribution in [0.1, 0.15) is 25.0 Å². The number of allylic oxidation sites excluding steroid dienone is 3. The van der Waals surface area contributed by atoms with Gasteiger partial charge in [0.2, 0.25) is 0 Å². The molecule has 0 saturated carbocycles. The smallest absolute Gasteiger partial charge is 0.369 e. The lowest BCUT2D eigenvalue weighted by molar-refractivity contribution is -0.376. The van der Waals surface area contributed by atoms with Crippen molar-refractivity contribution in [1.82, 2.24) is 0 Å². The Morgan fingerprint density at radius 1 is 1.04 bits per heavy atom. The van der Waals surface area contributed by atoms with Gasteiger partial charge in [-0.05, 0) is 41.6 Å². The van der Waals surface area contributed by atoms with Crippen LogP contribution in [-0.2, 0) is 5.60 Å². The van der Waals surface area contributed by atoms with Crippen LogP contribution in [0.25, 0.3) is 5.57 Å². The number of hydrogen-bond donors (Lipinski definition) is 2. The van der Waals surface area contributed by atoms with Crippen LogP contribution in [-0.4, -0.2) is 34.0 Å². The lowest BCUT2D eigenvalue weighted by Crippen LogP contribution is -2.53. The maximum absolute atomic E-state index is 12.9. The molecule has 0 bridgehead atoms. The molecule has 0 heterocycles. The van der Waals surface area contributed by atoms with E-state index in [4.69, 9.17) is 0 Å². The summed E-state index contributed by atoms with van der Waals surface area (Å²) in [7, 11) is -1.96. The molecule has 9 heteroatoms. The zero-order valence-electron chi connectivity index (χ0n) is 14.3. The molecule has 2 N–H and O–H groups in total. The van der Waals surface area contributed by atoms with E-state index in [1.54, 1.807) is 37.7 Å². The van der Waals surface area contributed by atoms with Gasteiger partial charge in [0.05, 0.1) is 0 Å². The van der Waals surface area contributed by atoms with Gasteiger partial charge in [0.25, 0.3) is 5.60 Å². The van der Waals surface area contributed by atoms with Crippen LogP contribution in [0, 0.1) is 0 Å². The monoisotopic (exact) mass is 402 g/mol. The van der Waals surface area contributed by atoms with Crippen LogP contribution in [0.5, 0.6) is 0 Å². The summed E-state index contributed by atoms with van der Waals surface area (Å²) in [6.45, 7) is 3.43. The van der Waals surface area contributed by atoms with Gasteiger partial charge in [-0.3, -0.25) is 0 Å². The zero-order valence-corrected chi connectivity index (χ0v) is 15.1. The van der Waals surface area contributed by atoms with Crippen molar-refractivity contribution in [3.8, 4) is 0 Å². The highest BCUT2D eigenvalue weighted by molar-refractivity contribution is 8.30. The van der Waals surface area contributed by atoms with Crippen molar-refractivity contribution in [2.24, 2.45) is 0 Å². The minimum absolute atomic E-state index is 0.352. The van der Waals surface area contributed by atoms with Crippen LogP contribution >= 0.6 is 10.3 Å². The van der Waals surface area contributed by atoms with Gasteiger partial charge in [-0.1, -0.05) is 37.3 Å². The summed E-state index contributed by atoms with van der Waals surface area (Å²) >= 11 is 0. The van der Waals surface area contributed by atoms with Crippen LogP contribution < -0.4 is 0 Å². The minimum Gasteiger partial charge on any atom is -0.369 e. The Morgan fingerprint density at radius 2 is 1.50 bits per heavy atom. The molecule has 0 aromatic heterocycles. The Morgan fingerprint density at radius 3 is 1.85 bits per heavy atom. The molecule has 1 atom stereocenters. The second-order valence-electron chi connectivity index (χ2n) is 5.73. The SMILES string of the molecule is C/C=C(\C=C/S(C)(O)CC)c1ccc(C(O)(C(F)(F)F)C(F)(F)F)cc1. The fourth-order valence-corrected chi connectivity index (χ4v) is 2.70. The molecule has 0 saturated heterocycles. The zero-order chi connectivity index (χ0) is 20.4. The Labute approximate surface area is 149 Å². The maximum Gasteiger partial charge on any atom is 0.430 e. The molecule has 0 fully saturated rings. The molecular formula is C17H20F6O2S. The van der Waals surface area contributed by atoms with Crippen LogP contribution in [0.15, 0.2) is 41.8 Å². The van der Waals surface area contributed by atoms with Crippen molar-refractivity contribution in [3.63, 3.8) is 0 Å². The third-order valence-electron chi connectivity index (χ3n) is 3.89. The molecule has 1 aromatic rings. The summed E-state index contributed by atoms with van der Waals surface area (Å²) in [5.74, 6) is 0.504. The van der Waals surface area contributed by atoms with E-state index in [-0.39, 0.29) is 0 Å². The van der Waals surface area contributed by atoms with Gasteiger partial charge >= 0.3 is 12.4 Å². The second-order valence-corrected chi connectivity index (χ2v) is 8.79. The summed E-state index contributed by atoms with van der Waals surface area (Å²) in [6.07, 6.45) is -7.02. The second kappa shape index (κ2) is 7.66. The van der Waals surface area contributed by atoms with E-state index >= 15 is 0 Å². The summed E-state index contributed by atoms with van der Waals surface area (Å²) in [5, 5.41) is 10.9. The van der Waals surface area contributed by atoms with Crippen LogP contribution in [0.4, 0.5) is 26.3 Å². The molecule has 0 radical (unpaired) electrons. The van der Waals surface area contributed by atoms with Gasteiger partial charge in [0, 0.05) is 5.56 Å². The lowest BCUT2D eigenvalue weighted by atomic mass is 9.90. The van der Waals surface area contributed by atoms with Crippen LogP contribution in [0.3, 0.4) is 0 Å². The third-order valence-corrected chi connectivity index (χ3v) is 5.78. The number of aliphatic hydroxyl groups is 1. The van der Waals surface area contributed by atoms with Gasteiger partial charge in [0.15, 0.2) is 0 Å². The molecule has 0 aliphatic rings. The van der Waals surface area contributed by atoms with Crippen molar-refractivity contribution < 1.29 is 36.0 Å². The van der Waals surface area contributed by atoms with Gasteiger partial charge < -0.3 is 9.66 Å². The molecule has 1 unspecified atom stereocenters. The topological polar surface area (TPSA) is 40.5 Å². The number of halogens is 6. The molecule has 148 valence electrons. The lowest BCUT2D eigenvalue weighted by Gasteiger charge is -2.32. The fraction of sp³-hybridized carbons (Fsp3) is 0.412. The van der Waals surface area contributed by atoms with Gasteiger partial charge in [-0.25, -0.2) is 0 Å². The average Bonchev–Trinajstić information content (AvgIpc) is 2.53. The average molecular weight is 402 g/mol. The molecule has 0 spiro atoms. The molecule has 0 aliphatic heterocycles. The number of alkyl halides is 6. The Kier molecular flexibility index (Phi) is 6.65. The summed E-state index contributed by atoms with van der Waals surface area (Å²) in [4.78, 5) is 0. The van der Waals surface area contributed by atoms with E-state index in [0.29, 0.717) is 29.0 Å². The van der Waals surface area contributed by atoms with E-state index in [0.717, 1.165) is 12.1 Å². The van der Waals surface area contributed by atoms with Crippen molar-refractivity contribution in [1.29, 1.82) is 0 Å². The standard InChI is InChI=1S/C17H20F6O2S/c1-4-12(10-11-26(3,25)5-2)13-6-8-14(9-7-13)15(24,16(18,19)20)17(21,22)23/h4,6-11,24-25H,5H2,1-3H3/b11-10-,12-4+. The first-order valence-electron chi connectivity index (χ1n) is 7.49. The van der Waals surface area contributed by atoms with E-state index < -0.39 is 33.8 Å². The van der Waals surface area contributed by atoms with Crippen molar-refractivity contribution in [2.45, 2.75) is 31.8 Å². The predicted octanol–water partition coefficient (Wildman–Crippen LogP) is 5.84. The maximum atomic E-state index is 12.9. The fourth-order valence-electron chi connectivity index (χ4n) is 2.07. The van der Waals surface area contributed by atoms with E-state index in [1.165, 1.54) is 0 Å². The molecule has 0 aliphatic carbocycles. The number of hydrogen-bond acceptors (Lipinski definition) is 2. The first-order chi connectivity index (χ1) is 11.7. The van der Waals surface area contributed by atoms with Crippen molar-refractivity contribution >= 4 is 15.9 Å². The van der Waals surface area contributed by atoms with E-state index in [9.17, 15) is 36.0 Å². The molecule has 26 heavy (non-hydrogen) atoms. The molecule has 2 nitrogen and oxygen atoms in total. The van der Waals surface area contributed by atoms with E-state index in [1.807, 2.05) is 0 Å². The van der Waals surface area contributed by atoms with Gasteiger partial charge in [0.1, 0.15) is 0 Å². The normalized spacial score (nSPS) is 18.0. The number of benzene rings is 1. The highest BCUT2D eigenvalue weighted by Crippen LogP contribution is 2.50. The first kappa shape index (κ1) is 22.6. The minimum atomic E-state index is -5.92. The van der Waals surface area contributed by atoms with Gasteiger partial charge in [-0.15, -0.1) is 10.3 Å². The Hall–Kier alpha value is -1.45. The molecule has 1 aromatic carbocycles. The third kappa shape index (κ3) is 4.63. The molecule has 0 amide bonds. The summed E-state index contributed by atoms with van der Waals surface area (Å²) in [5.41, 5.74) is -5.39. The summed E-state index contributed by atoms with van der Waals surface area (Å²) < 4.78 is 87.3. The highest BCUT2D eigenvalue weighted by atomic mass is 32.3. The molecular weight excluding hydrogens is 382 g/mol. The number of rotatable bonds is 5. The van der Waals surface area contributed by atoms with E-state index in [2.05, 4.69) is 0 Å². The molecule has 1 rings (SSSR count). The quantitative estimate of drug-likeness (QED) is 0.480. The van der Waals surface area contributed by atoms with Crippen LogP contribution in [0.2, 0.25) is 0 Å². The Balaban J connectivity index is 3.30. The van der Waals surface area contributed by atoms with Crippen molar-refractivity contribution in [2.75, 3.05) is 12.0 Å². The van der Waals surface area contributed by atoms with Crippen molar-refractivity contribution in [3.05, 3.63) is 53.0 Å². The highest BCUT2D eigenvalue weighted by Gasteiger charge is 2.71. The first-order valence-corrected chi connectivity index (χ1v) is 9.72. The Bertz CT molecular complexity index is 658. The predicted molar refractivity (Wildman–Crippen MR) is 91.9 cm³/mol. The largest absolute Gasteiger partial charge is 0.430 e.